The van der Waals surface area contributed by atoms with Gasteiger partial charge in [0, 0.05) is 0 Å². The molecule has 1 heterocycles. The maximum absolute atomic E-state index is 14.9. The molecule has 7 heteroatoms. The molecule has 0 aromatic heterocycles. The average molecular weight is 499 g/mol. The highest BCUT2D eigenvalue weighted by Gasteiger charge is 2.26. The Morgan fingerprint density at radius 3 is 1.94 bits per heavy atom. The van der Waals surface area contributed by atoms with E-state index in [9.17, 15) is 17.6 Å². The Morgan fingerprint density at radius 2 is 1.39 bits per heavy atom. The van der Waals surface area contributed by atoms with Gasteiger partial charge in [-0.15, -0.1) is 0 Å². The molecule has 2 aromatic rings. The molecule has 0 unspecified atom stereocenters. The number of rotatable bonds is 7. The van der Waals surface area contributed by atoms with Gasteiger partial charge in [0.05, 0.1) is 5.56 Å². The number of hydrogen-bond donors (Lipinski definition) is 0. The van der Waals surface area contributed by atoms with Gasteiger partial charge in [-0.05, 0) is 90.9 Å². The maximum Gasteiger partial charge on any atom is 0.387 e. The molecule has 180 valence electrons. The molecule has 2 aliphatic rings. The van der Waals surface area contributed by atoms with E-state index in [1.807, 2.05) is 0 Å². The van der Waals surface area contributed by atoms with Crippen LogP contribution >= 0.6 is 11.1 Å². The minimum Gasteiger partial charge on any atom is -0.435 e. The van der Waals surface area contributed by atoms with Crippen LogP contribution < -0.4 is 4.74 Å². The first-order valence-electron chi connectivity index (χ1n) is 12.1. The third kappa shape index (κ3) is 6.53. The van der Waals surface area contributed by atoms with Crippen LogP contribution in [0.2, 0.25) is 12.1 Å². The second-order valence-corrected chi connectivity index (χ2v) is 13.9. The van der Waals surface area contributed by atoms with Gasteiger partial charge < -0.3 is 4.74 Å². The van der Waals surface area contributed by atoms with E-state index >= 15 is 0 Å². The number of halogens is 5. The number of alkyl halides is 2. The summed E-state index contributed by atoms with van der Waals surface area (Å²) in [4.78, 5) is 0. The monoisotopic (exact) mass is 498 g/mol. The van der Waals surface area contributed by atoms with E-state index in [-0.39, 0.29) is 17.2 Å². The van der Waals surface area contributed by atoms with Crippen molar-refractivity contribution in [3.8, 4) is 16.9 Å². The van der Waals surface area contributed by atoms with Crippen molar-refractivity contribution in [3.63, 3.8) is 0 Å². The lowest BCUT2D eigenvalue weighted by molar-refractivity contribution is -0.0498. The molecule has 33 heavy (non-hydrogen) atoms. The first kappa shape index (κ1) is 24.6. The van der Waals surface area contributed by atoms with E-state index in [0.29, 0.717) is 5.56 Å². The van der Waals surface area contributed by atoms with Gasteiger partial charge in [-0.25, -0.2) is 8.78 Å². The normalized spacial score (nSPS) is 25.9. The minimum absolute atomic E-state index is 0.0449. The van der Waals surface area contributed by atoms with Crippen molar-refractivity contribution in [2.45, 2.75) is 76.0 Å². The van der Waals surface area contributed by atoms with Crippen molar-refractivity contribution in [1.82, 2.24) is 0 Å². The van der Waals surface area contributed by atoms with Gasteiger partial charge in [-0.1, -0.05) is 37.8 Å². The second kappa shape index (κ2) is 11.3. The van der Waals surface area contributed by atoms with Gasteiger partial charge >= 0.3 is 6.61 Å². The fourth-order valence-electron chi connectivity index (χ4n) is 5.57. The first-order chi connectivity index (χ1) is 15.9. The summed E-state index contributed by atoms with van der Waals surface area (Å²) >= 11 is 6.35. The maximum atomic E-state index is 14.9. The highest BCUT2D eigenvalue weighted by molar-refractivity contribution is 7.07. The summed E-state index contributed by atoms with van der Waals surface area (Å²) in [6.07, 6.45) is 9.33. The van der Waals surface area contributed by atoms with Crippen LogP contribution in [0.15, 0.2) is 36.4 Å². The molecule has 1 saturated carbocycles. The summed E-state index contributed by atoms with van der Waals surface area (Å²) in [5.74, 6) is 0.462. The predicted octanol–water partition coefficient (Wildman–Crippen LogP) is 8.66. The van der Waals surface area contributed by atoms with Crippen molar-refractivity contribution in [1.29, 1.82) is 0 Å². The zero-order valence-electron chi connectivity index (χ0n) is 18.7. The van der Waals surface area contributed by atoms with E-state index in [0.717, 1.165) is 43.1 Å². The molecular formula is C26H31ClF4OSi. The summed E-state index contributed by atoms with van der Waals surface area (Å²) in [6, 6.07) is 10.8. The van der Waals surface area contributed by atoms with Crippen LogP contribution in [0.3, 0.4) is 0 Å². The van der Waals surface area contributed by atoms with Crippen LogP contribution in [0, 0.1) is 23.5 Å². The number of hydrogen-bond acceptors (Lipinski definition) is 1. The molecule has 0 radical (unpaired) electrons. The van der Waals surface area contributed by atoms with Crippen LogP contribution in [0.5, 0.6) is 5.75 Å². The highest BCUT2D eigenvalue weighted by Crippen LogP contribution is 2.41. The van der Waals surface area contributed by atoms with Crippen LogP contribution in [0.1, 0.15) is 62.8 Å². The van der Waals surface area contributed by atoms with Crippen molar-refractivity contribution in [2.24, 2.45) is 11.8 Å². The Morgan fingerprint density at radius 1 is 0.848 bits per heavy atom. The van der Waals surface area contributed by atoms with E-state index in [2.05, 4.69) is 4.74 Å². The van der Waals surface area contributed by atoms with Gasteiger partial charge in [0.25, 0.3) is 0 Å². The Kier molecular flexibility index (Phi) is 8.39. The Bertz CT molecular complexity index is 884. The molecule has 1 saturated heterocycles. The van der Waals surface area contributed by atoms with E-state index < -0.39 is 26.4 Å². The highest BCUT2D eigenvalue weighted by atomic mass is 35.6. The second-order valence-electron chi connectivity index (χ2n) is 9.68. The van der Waals surface area contributed by atoms with Gasteiger partial charge in [-0.3, -0.25) is 0 Å². The van der Waals surface area contributed by atoms with Crippen LogP contribution in [0.25, 0.3) is 11.1 Å². The third-order valence-electron chi connectivity index (χ3n) is 7.51. The minimum atomic E-state index is -2.94. The molecule has 0 atom stereocenters. The first-order valence-corrected chi connectivity index (χ1v) is 15.4. The lowest BCUT2D eigenvalue weighted by Gasteiger charge is -2.31. The SMILES string of the molecule is Fc1cc(C2CCC(CCC3CC[SiH](Cl)CC3)CC2)cc(F)c1-c1ccc(OC(F)F)cc1. The molecule has 0 N–H and O–H groups in total. The molecule has 1 nitrogen and oxygen atoms in total. The molecule has 0 amide bonds. The van der Waals surface area contributed by atoms with Gasteiger partial charge in [0.2, 0.25) is 0 Å². The van der Waals surface area contributed by atoms with E-state index in [1.165, 1.54) is 74.2 Å². The zero-order valence-corrected chi connectivity index (χ0v) is 20.6. The third-order valence-corrected chi connectivity index (χ3v) is 10.7. The molecule has 2 fully saturated rings. The molecule has 1 aliphatic carbocycles. The molecule has 0 spiro atoms. The lowest BCUT2D eigenvalue weighted by Crippen LogP contribution is -2.18. The molecule has 0 bridgehead atoms. The lowest BCUT2D eigenvalue weighted by atomic mass is 9.76. The topological polar surface area (TPSA) is 9.23 Å². The van der Waals surface area contributed by atoms with Crippen LogP contribution in [-0.2, 0) is 0 Å². The molecular weight excluding hydrogens is 468 g/mol. The zero-order chi connectivity index (χ0) is 23.4. The summed E-state index contributed by atoms with van der Waals surface area (Å²) in [5.41, 5.74) is 0.883. The van der Waals surface area contributed by atoms with Crippen molar-refractivity contribution in [2.75, 3.05) is 0 Å². The van der Waals surface area contributed by atoms with Gasteiger partial charge in [0.1, 0.15) is 25.5 Å². The molecule has 1 aliphatic heterocycles. The Balaban J connectivity index is 1.34. The van der Waals surface area contributed by atoms with Gasteiger partial charge in [-0.2, -0.15) is 19.9 Å². The molecule has 4 rings (SSSR count). The van der Waals surface area contributed by atoms with Crippen LogP contribution in [-0.4, -0.2) is 14.7 Å². The summed E-state index contributed by atoms with van der Waals surface area (Å²) in [6.45, 7) is -2.94. The smallest absolute Gasteiger partial charge is 0.387 e. The summed E-state index contributed by atoms with van der Waals surface area (Å²) in [5, 5.41) is 0. The van der Waals surface area contributed by atoms with Crippen LogP contribution in [0.4, 0.5) is 17.6 Å². The predicted molar refractivity (Wildman–Crippen MR) is 128 cm³/mol. The van der Waals surface area contributed by atoms with Gasteiger partial charge in [0.15, 0.2) is 0 Å². The van der Waals surface area contributed by atoms with Crippen molar-refractivity contribution < 1.29 is 22.3 Å². The van der Waals surface area contributed by atoms with Crippen molar-refractivity contribution >= 4 is 19.2 Å². The fourth-order valence-corrected chi connectivity index (χ4v) is 8.28. The fraction of sp³-hybridized carbons (Fsp3) is 0.538. The summed E-state index contributed by atoms with van der Waals surface area (Å²) < 4.78 is 58.7. The Labute approximate surface area is 199 Å². The van der Waals surface area contributed by atoms with E-state index in [1.54, 1.807) is 0 Å². The van der Waals surface area contributed by atoms with E-state index in [4.69, 9.17) is 11.1 Å². The summed E-state index contributed by atoms with van der Waals surface area (Å²) in [7, 11) is -0.898. The standard InChI is InChI=1S/C26H31ClF4OSi/c27-33-13-11-18(12-14-33)2-1-17-3-5-19(6-4-17)21-15-23(28)25(24(29)16-21)20-7-9-22(10-8-20)32-26(30)31/h7-10,15-19,26,33H,1-6,11-14H2. The quantitative estimate of drug-likeness (QED) is 0.211. The average Bonchev–Trinajstić information content (AvgIpc) is 2.79. The number of ether oxygens (including phenoxy) is 1. The number of benzene rings is 2. The Hall–Kier alpha value is -1.53. The largest absolute Gasteiger partial charge is 0.435 e. The molecule has 2 aromatic carbocycles. The van der Waals surface area contributed by atoms with Crippen molar-refractivity contribution in [3.05, 3.63) is 53.6 Å².